The summed E-state index contributed by atoms with van der Waals surface area (Å²) in [5.41, 5.74) is 6.47. The number of carbonyl (C=O) groups is 1. The summed E-state index contributed by atoms with van der Waals surface area (Å²) in [5.74, 6) is -0.213. The molecule has 0 fully saturated rings. The quantitative estimate of drug-likeness (QED) is 0.820. The fraction of sp³-hybridized carbons (Fsp3) is 0.364. The number of anilines is 1. The van der Waals surface area contributed by atoms with Crippen LogP contribution in [0.2, 0.25) is 0 Å². The molecule has 2 unspecified atom stereocenters. The Hall–Kier alpha value is -0.330. The second-order valence-electron chi connectivity index (χ2n) is 3.64. The van der Waals surface area contributed by atoms with Crippen LogP contribution in [0.1, 0.15) is 13.8 Å². The monoisotopic (exact) mass is 354 g/mol. The highest BCUT2D eigenvalue weighted by molar-refractivity contribution is 14.1. The van der Waals surface area contributed by atoms with Gasteiger partial charge in [0.15, 0.2) is 0 Å². The summed E-state index contributed by atoms with van der Waals surface area (Å²) in [5, 5.41) is 2.83. The van der Waals surface area contributed by atoms with Crippen molar-refractivity contribution in [2.24, 2.45) is 11.7 Å². The molecule has 0 saturated heterocycles. The fourth-order valence-corrected chi connectivity index (χ4v) is 1.39. The normalized spacial score (nSPS) is 13.5. The van der Waals surface area contributed by atoms with Crippen LogP contribution in [0.4, 0.5) is 5.69 Å². The Labute approximate surface area is 116 Å². The van der Waals surface area contributed by atoms with Gasteiger partial charge in [-0.25, -0.2) is 0 Å². The largest absolute Gasteiger partial charge is 0.327 e. The third-order valence-corrected chi connectivity index (χ3v) is 3.03. The maximum absolute atomic E-state index is 11.6. The van der Waals surface area contributed by atoms with E-state index in [9.17, 15) is 4.79 Å². The topological polar surface area (TPSA) is 55.1 Å². The van der Waals surface area contributed by atoms with Gasteiger partial charge in [-0.05, 0) is 53.8 Å². The highest BCUT2D eigenvalue weighted by atomic mass is 127. The highest BCUT2D eigenvalue weighted by Gasteiger charge is 2.16. The van der Waals surface area contributed by atoms with Crippen molar-refractivity contribution >= 4 is 46.6 Å². The lowest BCUT2D eigenvalue weighted by Gasteiger charge is -2.15. The van der Waals surface area contributed by atoms with Crippen molar-refractivity contribution in [3.63, 3.8) is 0 Å². The Balaban J connectivity index is 0.00000225. The molecule has 3 N–H and O–H groups in total. The van der Waals surface area contributed by atoms with Crippen LogP contribution in [0, 0.1) is 9.49 Å². The maximum Gasteiger partial charge on any atom is 0.228 e. The number of benzene rings is 1. The summed E-state index contributed by atoms with van der Waals surface area (Å²) in [6, 6.07) is 7.54. The average molecular weight is 355 g/mol. The molecule has 0 bridgehead atoms. The Morgan fingerprint density at radius 1 is 1.31 bits per heavy atom. The summed E-state index contributed by atoms with van der Waals surface area (Å²) in [4.78, 5) is 11.6. The lowest BCUT2D eigenvalue weighted by Crippen LogP contribution is -2.34. The van der Waals surface area contributed by atoms with E-state index in [0.717, 1.165) is 9.26 Å². The second-order valence-corrected chi connectivity index (χ2v) is 4.89. The molecule has 1 aromatic carbocycles. The van der Waals surface area contributed by atoms with E-state index >= 15 is 0 Å². The lowest BCUT2D eigenvalue weighted by molar-refractivity contribution is -0.119. The fourth-order valence-electron chi connectivity index (χ4n) is 1.03. The van der Waals surface area contributed by atoms with E-state index in [1.807, 2.05) is 38.1 Å². The van der Waals surface area contributed by atoms with Gasteiger partial charge in [-0.1, -0.05) is 6.92 Å². The molecule has 16 heavy (non-hydrogen) atoms. The van der Waals surface area contributed by atoms with Gasteiger partial charge in [0.25, 0.3) is 0 Å². The average Bonchev–Trinajstić information content (AvgIpc) is 2.20. The molecule has 0 saturated carbocycles. The number of halogens is 2. The number of nitrogens with two attached hydrogens (primary N) is 1. The van der Waals surface area contributed by atoms with Gasteiger partial charge in [-0.3, -0.25) is 4.79 Å². The molecule has 0 radical (unpaired) electrons. The molecule has 5 heteroatoms. The lowest BCUT2D eigenvalue weighted by atomic mass is 10.0. The van der Waals surface area contributed by atoms with Crippen molar-refractivity contribution in [1.82, 2.24) is 0 Å². The van der Waals surface area contributed by atoms with Crippen molar-refractivity contribution in [3.05, 3.63) is 27.8 Å². The molecule has 1 aromatic rings. The van der Waals surface area contributed by atoms with Crippen molar-refractivity contribution in [3.8, 4) is 0 Å². The Bertz CT molecular complexity index is 340. The van der Waals surface area contributed by atoms with E-state index in [0.29, 0.717) is 0 Å². The van der Waals surface area contributed by atoms with E-state index in [-0.39, 0.29) is 30.3 Å². The predicted molar refractivity (Wildman–Crippen MR) is 77.9 cm³/mol. The number of amides is 1. The second kappa shape index (κ2) is 7.09. The molecule has 0 aliphatic heterocycles. The van der Waals surface area contributed by atoms with E-state index < -0.39 is 0 Å². The molecule has 0 spiro atoms. The summed E-state index contributed by atoms with van der Waals surface area (Å²) in [6.07, 6.45) is 0. The molecular formula is C11H16ClIN2O. The van der Waals surface area contributed by atoms with E-state index in [1.54, 1.807) is 0 Å². The van der Waals surface area contributed by atoms with Crippen molar-refractivity contribution < 1.29 is 4.79 Å². The molecule has 1 rings (SSSR count). The number of rotatable bonds is 3. The first-order valence-corrected chi connectivity index (χ1v) is 5.90. The van der Waals surface area contributed by atoms with Crippen LogP contribution in [-0.2, 0) is 4.79 Å². The van der Waals surface area contributed by atoms with Crippen LogP contribution in [0.25, 0.3) is 0 Å². The van der Waals surface area contributed by atoms with Gasteiger partial charge in [0.1, 0.15) is 0 Å². The Morgan fingerprint density at radius 3 is 2.25 bits per heavy atom. The van der Waals surface area contributed by atoms with Crippen molar-refractivity contribution in [1.29, 1.82) is 0 Å². The number of hydrogen-bond acceptors (Lipinski definition) is 2. The van der Waals surface area contributed by atoms with Gasteiger partial charge in [0.2, 0.25) is 5.91 Å². The smallest absolute Gasteiger partial charge is 0.228 e. The highest BCUT2D eigenvalue weighted by Crippen LogP contribution is 2.12. The number of hydrogen-bond donors (Lipinski definition) is 2. The van der Waals surface area contributed by atoms with Gasteiger partial charge in [0, 0.05) is 15.3 Å². The number of nitrogens with one attached hydrogen (secondary N) is 1. The number of carbonyl (C=O) groups excluding carboxylic acids is 1. The zero-order valence-electron chi connectivity index (χ0n) is 9.24. The summed E-state index contributed by atoms with van der Waals surface area (Å²) in [7, 11) is 0. The van der Waals surface area contributed by atoms with Crippen LogP contribution >= 0.6 is 35.0 Å². The van der Waals surface area contributed by atoms with Crippen molar-refractivity contribution in [2.75, 3.05) is 5.32 Å². The first-order valence-electron chi connectivity index (χ1n) is 4.82. The first kappa shape index (κ1) is 15.7. The maximum atomic E-state index is 11.6. The minimum Gasteiger partial charge on any atom is -0.327 e. The molecule has 2 atom stereocenters. The van der Waals surface area contributed by atoms with Gasteiger partial charge >= 0.3 is 0 Å². The predicted octanol–water partition coefficient (Wildman–Crippen LogP) is 2.63. The molecule has 0 aliphatic carbocycles. The molecule has 0 aromatic heterocycles. The summed E-state index contributed by atoms with van der Waals surface area (Å²) < 4.78 is 1.14. The summed E-state index contributed by atoms with van der Waals surface area (Å²) >= 11 is 2.22. The first-order chi connectivity index (χ1) is 7.00. The Kier molecular flexibility index (Phi) is 6.94. The van der Waals surface area contributed by atoms with Crippen LogP contribution in [0.15, 0.2) is 24.3 Å². The zero-order valence-corrected chi connectivity index (χ0v) is 12.2. The minimum atomic E-state index is -0.177. The Morgan fingerprint density at radius 2 is 1.81 bits per heavy atom. The summed E-state index contributed by atoms with van der Waals surface area (Å²) in [6.45, 7) is 3.66. The third kappa shape index (κ3) is 4.67. The zero-order chi connectivity index (χ0) is 11.4. The molecule has 3 nitrogen and oxygen atoms in total. The van der Waals surface area contributed by atoms with Gasteiger partial charge in [0.05, 0.1) is 5.92 Å². The van der Waals surface area contributed by atoms with Crippen molar-refractivity contribution in [2.45, 2.75) is 19.9 Å². The molecular weight excluding hydrogens is 338 g/mol. The van der Waals surface area contributed by atoms with Crippen LogP contribution < -0.4 is 11.1 Å². The van der Waals surface area contributed by atoms with E-state index in [1.165, 1.54) is 0 Å². The minimum absolute atomic E-state index is 0. The van der Waals surface area contributed by atoms with Gasteiger partial charge in [-0.2, -0.15) is 0 Å². The standard InChI is InChI=1S/C11H15IN2O.ClH/c1-7(8(2)13)11(15)14-10-5-3-9(12)4-6-10;/h3-8H,13H2,1-2H3,(H,14,15);1H. The van der Waals surface area contributed by atoms with Crippen LogP contribution in [0.3, 0.4) is 0 Å². The van der Waals surface area contributed by atoms with E-state index in [4.69, 9.17) is 5.73 Å². The molecule has 0 heterocycles. The van der Waals surface area contributed by atoms with E-state index in [2.05, 4.69) is 27.9 Å². The third-order valence-electron chi connectivity index (χ3n) is 2.31. The van der Waals surface area contributed by atoms with Crippen LogP contribution in [0.5, 0.6) is 0 Å². The van der Waals surface area contributed by atoms with Gasteiger partial charge < -0.3 is 11.1 Å². The SMILES string of the molecule is CC(N)C(C)C(=O)Nc1ccc(I)cc1.Cl. The van der Waals surface area contributed by atoms with Crippen LogP contribution in [-0.4, -0.2) is 11.9 Å². The molecule has 90 valence electrons. The van der Waals surface area contributed by atoms with Gasteiger partial charge in [-0.15, -0.1) is 12.4 Å². The molecule has 0 aliphatic rings. The molecule has 1 amide bonds.